The van der Waals surface area contributed by atoms with E-state index in [0.29, 0.717) is 27.9 Å². The molecule has 1 heterocycles. The number of aromatic nitrogens is 1. The number of thiazole rings is 1. The Morgan fingerprint density at radius 3 is 2.78 bits per heavy atom. The Morgan fingerprint density at radius 1 is 1.41 bits per heavy atom. The number of hydrogen-bond donors (Lipinski definition) is 2. The number of carbonyl (C=O) groups excluding carboxylic acids is 2. The molecule has 1 atom stereocenters. The molecule has 7 nitrogen and oxygen atoms in total. The molecule has 2 N–H and O–H groups in total. The van der Waals surface area contributed by atoms with E-state index < -0.39 is 23.0 Å². The van der Waals surface area contributed by atoms with E-state index >= 15 is 0 Å². The van der Waals surface area contributed by atoms with Gasteiger partial charge in [0.25, 0.3) is 0 Å². The fourth-order valence-corrected chi connectivity index (χ4v) is 3.80. The Morgan fingerprint density at radius 2 is 2.15 bits per heavy atom. The Balaban J connectivity index is 2.01. The van der Waals surface area contributed by atoms with Crippen LogP contribution in [0.15, 0.2) is 23.1 Å². The van der Waals surface area contributed by atoms with Gasteiger partial charge in [-0.2, -0.15) is 0 Å². The summed E-state index contributed by atoms with van der Waals surface area (Å²) in [4.78, 5) is 28.2. The van der Waals surface area contributed by atoms with Crippen molar-refractivity contribution in [1.29, 1.82) is 0 Å². The van der Waals surface area contributed by atoms with E-state index in [2.05, 4.69) is 15.6 Å². The minimum atomic E-state index is -1.41. The SMILES string of the molecule is CCOC(=O)CCNC(=O)Nc1nc(C)c(-c2ccc([S+](C)[O-])c(F)c2)s1. The second kappa shape index (κ2) is 9.67. The normalized spacial score (nSPS) is 11.7. The van der Waals surface area contributed by atoms with Crippen LogP contribution in [0.3, 0.4) is 0 Å². The van der Waals surface area contributed by atoms with Crippen LogP contribution in [-0.4, -0.2) is 40.9 Å². The molecule has 2 rings (SSSR count). The molecular formula is C17H20FN3O4S2. The predicted molar refractivity (Wildman–Crippen MR) is 103 cm³/mol. The van der Waals surface area contributed by atoms with Crippen LogP contribution in [0.5, 0.6) is 0 Å². The lowest BCUT2D eigenvalue weighted by atomic mass is 10.1. The molecule has 0 fully saturated rings. The zero-order chi connectivity index (χ0) is 20.0. The van der Waals surface area contributed by atoms with Crippen molar-refractivity contribution in [3.63, 3.8) is 0 Å². The van der Waals surface area contributed by atoms with Crippen molar-refractivity contribution in [3.8, 4) is 10.4 Å². The van der Waals surface area contributed by atoms with Gasteiger partial charge in [0, 0.05) is 6.54 Å². The molecular weight excluding hydrogens is 393 g/mol. The lowest BCUT2D eigenvalue weighted by molar-refractivity contribution is -0.142. The summed E-state index contributed by atoms with van der Waals surface area (Å²) in [6, 6.07) is 3.96. The highest BCUT2D eigenvalue weighted by Gasteiger charge is 2.17. The molecule has 10 heteroatoms. The summed E-state index contributed by atoms with van der Waals surface area (Å²) in [7, 11) is 0. The van der Waals surface area contributed by atoms with Crippen LogP contribution in [-0.2, 0) is 20.7 Å². The third kappa shape index (κ3) is 5.91. The second-order valence-corrected chi connectivity index (χ2v) is 7.82. The third-order valence-corrected chi connectivity index (χ3v) is 5.51. The van der Waals surface area contributed by atoms with Crippen molar-refractivity contribution in [1.82, 2.24) is 10.3 Å². The molecule has 0 radical (unpaired) electrons. The van der Waals surface area contributed by atoms with E-state index in [1.807, 2.05) is 0 Å². The van der Waals surface area contributed by atoms with Crippen LogP contribution in [0.2, 0.25) is 0 Å². The molecule has 27 heavy (non-hydrogen) atoms. The van der Waals surface area contributed by atoms with Crippen LogP contribution in [0.4, 0.5) is 14.3 Å². The number of urea groups is 1. The maximum Gasteiger partial charge on any atom is 0.321 e. The molecule has 1 aromatic carbocycles. The van der Waals surface area contributed by atoms with Crippen LogP contribution in [0.1, 0.15) is 19.0 Å². The van der Waals surface area contributed by atoms with Crippen LogP contribution >= 0.6 is 11.3 Å². The fraction of sp³-hybridized carbons (Fsp3) is 0.353. The summed E-state index contributed by atoms with van der Waals surface area (Å²) in [5.74, 6) is -0.934. The first-order valence-electron chi connectivity index (χ1n) is 8.13. The first-order chi connectivity index (χ1) is 12.8. The predicted octanol–water partition coefficient (Wildman–Crippen LogP) is 3.07. The minimum absolute atomic E-state index is 0.0772. The lowest BCUT2D eigenvalue weighted by Gasteiger charge is -2.06. The van der Waals surface area contributed by atoms with E-state index in [1.165, 1.54) is 29.7 Å². The van der Waals surface area contributed by atoms with Crippen LogP contribution in [0.25, 0.3) is 10.4 Å². The van der Waals surface area contributed by atoms with Crippen molar-refractivity contribution in [2.75, 3.05) is 24.7 Å². The molecule has 0 spiro atoms. The number of nitrogens with one attached hydrogen (secondary N) is 2. The summed E-state index contributed by atoms with van der Waals surface area (Å²) >= 11 is -0.212. The number of halogens is 1. The Labute approximate surface area is 163 Å². The molecule has 0 aliphatic carbocycles. The molecule has 0 aliphatic rings. The average molecular weight is 413 g/mol. The van der Waals surface area contributed by atoms with Crippen molar-refractivity contribution in [2.45, 2.75) is 25.2 Å². The van der Waals surface area contributed by atoms with Crippen molar-refractivity contribution in [2.24, 2.45) is 0 Å². The molecule has 1 aromatic heterocycles. The number of benzene rings is 1. The summed E-state index contributed by atoms with van der Waals surface area (Å²) in [5.41, 5.74) is 1.22. The van der Waals surface area contributed by atoms with Gasteiger partial charge >= 0.3 is 12.0 Å². The Hall–Kier alpha value is -2.17. The lowest BCUT2D eigenvalue weighted by Crippen LogP contribution is -2.30. The van der Waals surface area contributed by atoms with Gasteiger partial charge in [0.05, 0.1) is 23.6 Å². The van der Waals surface area contributed by atoms with E-state index in [-0.39, 0.29) is 23.8 Å². The van der Waals surface area contributed by atoms with Crippen LogP contribution in [0, 0.1) is 12.7 Å². The number of anilines is 1. The van der Waals surface area contributed by atoms with E-state index in [1.54, 1.807) is 19.9 Å². The number of nitrogens with zero attached hydrogens (tertiary/aromatic N) is 1. The molecule has 2 amide bonds. The molecule has 0 aliphatic heterocycles. The standard InChI is InChI=1S/C17H20FN3O4S2/c1-4-25-14(22)7-8-19-16(23)21-17-20-10(2)15(26-17)11-5-6-13(27(3)24)12(18)9-11/h5-6,9H,4,7-8H2,1-3H3,(H2,19,20,21,23). The maximum absolute atomic E-state index is 14.1. The smallest absolute Gasteiger partial charge is 0.321 e. The van der Waals surface area contributed by atoms with Crippen molar-refractivity contribution < 1.29 is 23.3 Å². The number of aryl methyl sites for hydroxylation is 1. The quantitative estimate of drug-likeness (QED) is 0.536. The van der Waals surface area contributed by atoms with Crippen molar-refractivity contribution in [3.05, 3.63) is 29.7 Å². The van der Waals surface area contributed by atoms with Gasteiger partial charge in [0.1, 0.15) is 6.26 Å². The summed E-state index contributed by atoms with van der Waals surface area (Å²) in [5, 5.41) is 5.47. The minimum Gasteiger partial charge on any atom is -0.612 e. The van der Waals surface area contributed by atoms with E-state index in [0.717, 1.165) is 0 Å². The third-order valence-electron chi connectivity index (χ3n) is 3.44. The molecule has 1 unspecified atom stereocenters. The second-order valence-electron chi connectivity index (χ2n) is 5.47. The number of esters is 1. The van der Waals surface area contributed by atoms with E-state index in [4.69, 9.17) is 4.74 Å². The van der Waals surface area contributed by atoms with Gasteiger partial charge in [-0.1, -0.05) is 11.3 Å². The van der Waals surface area contributed by atoms with E-state index in [9.17, 15) is 18.5 Å². The van der Waals surface area contributed by atoms with Crippen molar-refractivity contribution >= 4 is 39.6 Å². The monoisotopic (exact) mass is 413 g/mol. The van der Waals surface area contributed by atoms with Gasteiger partial charge in [-0.15, -0.1) is 0 Å². The number of hydrogen-bond acceptors (Lipinski definition) is 6. The first kappa shape index (κ1) is 21.1. The molecule has 0 saturated carbocycles. The first-order valence-corrected chi connectivity index (χ1v) is 10.5. The topological polar surface area (TPSA) is 103 Å². The number of rotatable bonds is 7. The highest BCUT2D eigenvalue weighted by Crippen LogP contribution is 2.34. The zero-order valence-corrected chi connectivity index (χ0v) is 16.8. The highest BCUT2D eigenvalue weighted by atomic mass is 32.2. The summed E-state index contributed by atoms with van der Waals surface area (Å²) in [6.07, 6.45) is 1.49. The van der Waals surface area contributed by atoms with Gasteiger partial charge in [-0.25, -0.2) is 14.2 Å². The molecule has 2 aromatic rings. The molecule has 0 saturated heterocycles. The molecule has 0 bridgehead atoms. The number of carbonyl (C=O) groups is 2. The number of amides is 2. The highest BCUT2D eigenvalue weighted by molar-refractivity contribution is 7.90. The van der Waals surface area contributed by atoms with Gasteiger partial charge in [-0.05, 0) is 48.8 Å². The zero-order valence-electron chi connectivity index (χ0n) is 15.1. The van der Waals surface area contributed by atoms with Gasteiger partial charge in [0.2, 0.25) is 0 Å². The fourth-order valence-electron chi connectivity index (χ4n) is 2.25. The van der Waals surface area contributed by atoms with Gasteiger partial charge < -0.3 is 14.6 Å². The maximum atomic E-state index is 14.1. The van der Waals surface area contributed by atoms with Gasteiger partial charge in [0.15, 0.2) is 15.8 Å². The van der Waals surface area contributed by atoms with Crippen LogP contribution < -0.4 is 10.6 Å². The summed E-state index contributed by atoms with van der Waals surface area (Å²) in [6.45, 7) is 3.89. The Bertz CT molecular complexity index is 827. The largest absolute Gasteiger partial charge is 0.612 e. The average Bonchev–Trinajstić information content (AvgIpc) is 2.94. The van der Waals surface area contributed by atoms with Gasteiger partial charge in [-0.3, -0.25) is 10.1 Å². The summed E-state index contributed by atoms with van der Waals surface area (Å²) < 4.78 is 30.3. The number of ether oxygens (including phenoxy) is 1. The Kier molecular flexibility index (Phi) is 7.57. The molecule has 146 valence electrons.